The molecule has 2 heterocycles. The van der Waals surface area contributed by atoms with Gasteiger partial charge in [0.05, 0.1) is 11.5 Å². The Labute approximate surface area is 98.3 Å². The summed E-state index contributed by atoms with van der Waals surface area (Å²) >= 11 is 0. The van der Waals surface area contributed by atoms with E-state index in [0.717, 1.165) is 19.5 Å². The average Bonchev–Trinajstić information content (AvgIpc) is 2.55. The molecular weight excluding hydrogens is 224 g/mol. The zero-order valence-corrected chi connectivity index (χ0v) is 11.0. The third-order valence-electron chi connectivity index (χ3n) is 4.08. The highest BCUT2D eigenvalue weighted by Gasteiger charge is 2.43. The molecule has 94 valence electrons. The van der Waals surface area contributed by atoms with Gasteiger partial charge >= 0.3 is 0 Å². The second-order valence-electron chi connectivity index (χ2n) is 5.41. The molecule has 0 saturated carbocycles. The number of nitrogens with one attached hydrogen (secondary N) is 1. The molecule has 2 rings (SSSR count). The molecule has 2 atom stereocenters. The van der Waals surface area contributed by atoms with Crippen LogP contribution in [-0.4, -0.2) is 56.5 Å². The maximum absolute atomic E-state index is 11.6. The van der Waals surface area contributed by atoms with E-state index in [-0.39, 0.29) is 5.54 Å². The van der Waals surface area contributed by atoms with E-state index in [1.807, 2.05) is 7.05 Å². The summed E-state index contributed by atoms with van der Waals surface area (Å²) in [6.45, 7) is 4.14. The Hall–Kier alpha value is -0.130. The van der Waals surface area contributed by atoms with Crippen molar-refractivity contribution in [1.82, 2.24) is 10.2 Å². The minimum absolute atomic E-state index is 0.117. The summed E-state index contributed by atoms with van der Waals surface area (Å²) in [6, 6.07) is 0.522. The highest BCUT2D eigenvalue weighted by atomic mass is 32.2. The smallest absolute Gasteiger partial charge is 0.152 e. The van der Waals surface area contributed by atoms with Crippen LogP contribution in [0.1, 0.15) is 26.2 Å². The lowest BCUT2D eigenvalue weighted by Crippen LogP contribution is -2.55. The molecule has 0 radical (unpaired) electrons. The van der Waals surface area contributed by atoms with Crippen LogP contribution in [0, 0.1) is 0 Å². The highest BCUT2D eigenvalue weighted by molar-refractivity contribution is 7.91. The number of sulfone groups is 1. The van der Waals surface area contributed by atoms with Crippen molar-refractivity contribution in [2.75, 3.05) is 31.6 Å². The summed E-state index contributed by atoms with van der Waals surface area (Å²) in [6.07, 6.45) is 3.17. The normalized spacial score (nSPS) is 40.0. The van der Waals surface area contributed by atoms with E-state index < -0.39 is 9.84 Å². The van der Waals surface area contributed by atoms with Crippen molar-refractivity contribution in [3.63, 3.8) is 0 Å². The van der Waals surface area contributed by atoms with Crippen molar-refractivity contribution in [3.8, 4) is 0 Å². The van der Waals surface area contributed by atoms with Crippen LogP contribution < -0.4 is 5.32 Å². The van der Waals surface area contributed by atoms with Crippen LogP contribution >= 0.6 is 0 Å². The van der Waals surface area contributed by atoms with Gasteiger partial charge in [0.1, 0.15) is 0 Å². The van der Waals surface area contributed by atoms with Crippen molar-refractivity contribution in [2.45, 2.75) is 37.8 Å². The lowest BCUT2D eigenvalue weighted by Gasteiger charge is -2.42. The van der Waals surface area contributed by atoms with Gasteiger partial charge in [0, 0.05) is 18.1 Å². The van der Waals surface area contributed by atoms with Gasteiger partial charge in [-0.3, -0.25) is 4.90 Å². The molecular formula is C11H22N2O2S. The second-order valence-corrected chi connectivity index (χ2v) is 7.60. The summed E-state index contributed by atoms with van der Waals surface area (Å²) in [4.78, 5) is 2.38. The molecule has 5 heteroatoms. The molecule has 0 bridgehead atoms. The van der Waals surface area contributed by atoms with Crippen molar-refractivity contribution >= 4 is 9.84 Å². The first-order chi connectivity index (χ1) is 7.45. The van der Waals surface area contributed by atoms with Gasteiger partial charge in [-0.25, -0.2) is 8.42 Å². The van der Waals surface area contributed by atoms with E-state index >= 15 is 0 Å². The summed E-state index contributed by atoms with van der Waals surface area (Å²) in [5.74, 6) is 0.709. The van der Waals surface area contributed by atoms with Gasteiger partial charge in [-0.05, 0) is 39.8 Å². The first-order valence-corrected chi connectivity index (χ1v) is 7.90. The van der Waals surface area contributed by atoms with E-state index in [9.17, 15) is 8.42 Å². The molecule has 4 nitrogen and oxygen atoms in total. The van der Waals surface area contributed by atoms with Gasteiger partial charge in [0.15, 0.2) is 9.84 Å². The Bertz CT molecular complexity index is 355. The van der Waals surface area contributed by atoms with Crippen LogP contribution in [0.3, 0.4) is 0 Å². The molecule has 2 aliphatic rings. The molecule has 1 N–H and O–H groups in total. The maximum atomic E-state index is 11.6. The summed E-state index contributed by atoms with van der Waals surface area (Å²) in [5.41, 5.74) is -0.117. The number of hydrogen-bond acceptors (Lipinski definition) is 4. The molecule has 0 aromatic rings. The van der Waals surface area contributed by atoms with Crippen LogP contribution in [0.2, 0.25) is 0 Å². The number of hydrogen-bond donors (Lipinski definition) is 1. The average molecular weight is 246 g/mol. The van der Waals surface area contributed by atoms with E-state index in [4.69, 9.17) is 0 Å². The molecule has 2 unspecified atom stereocenters. The van der Waals surface area contributed by atoms with Crippen molar-refractivity contribution in [2.24, 2.45) is 0 Å². The first-order valence-electron chi connectivity index (χ1n) is 6.08. The van der Waals surface area contributed by atoms with Gasteiger partial charge < -0.3 is 5.32 Å². The van der Waals surface area contributed by atoms with Crippen molar-refractivity contribution in [1.29, 1.82) is 0 Å². The number of likely N-dealkylation sites (tertiary alicyclic amines) is 1. The zero-order valence-electron chi connectivity index (χ0n) is 10.2. The number of piperidine rings is 1. The topological polar surface area (TPSA) is 49.4 Å². The fraction of sp³-hybridized carbons (Fsp3) is 1.00. The predicted molar refractivity (Wildman–Crippen MR) is 65.3 cm³/mol. The van der Waals surface area contributed by atoms with Gasteiger partial charge in [-0.15, -0.1) is 0 Å². The molecule has 0 spiro atoms. The van der Waals surface area contributed by atoms with Crippen molar-refractivity contribution < 1.29 is 8.42 Å². The summed E-state index contributed by atoms with van der Waals surface area (Å²) in [5, 5.41) is 3.30. The highest BCUT2D eigenvalue weighted by Crippen LogP contribution is 2.31. The summed E-state index contributed by atoms with van der Waals surface area (Å²) in [7, 11) is -0.802. The molecule has 0 aliphatic carbocycles. The molecule has 2 fully saturated rings. The Balaban J connectivity index is 2.07. The van der Waals surface area contributed by atoms with Crippen LogP contribution in [0.5, 0.6) is 0 Å². The van der Waals surface area contributed by atoms with Gasteiger partial charge in [-0.2, -0.15) is 0 Å². The third kappa shape index (κ3) is 2.41. The van der Waals surface area contributed by atoms with E-state index in [1.165, 1.54) is 12.8 Å². The maximum Gasteiger partial charge on any atom is 0.152 e. The number of nitrogens with zero attached hydrogens (tertiary/aromatic N) is 1. The van der Waals surface area contributed by atoms with E-state index in [1.54, 1.807) is 0 Å². The predicted octanol–water partition coefficient (Wildman–Crippen LogP) is 0.247. The monoisotopic (exact) mass is 246 g/mol. The van der Waals surface area contributed by atoms with Gasteiger partial charge in [0.2, 0.25) is 0 Å². The Morgan fingerprint density at radius 1 is 1.44 bits per heavy atom. The molecule has 16 heavy (non-hydrogen) atoms. The second kappa shape index (κ2) is 4.27. The van der Waals surface area contributed by atoms with Crippen molar-refractivity contribution in [3.05, 3.63) is 0 Å². The first kappa shape index (κ1) is 12.3. The number of rotatable bonds is 2. The molecule has 0 aromatic carbocycles. The standard InChI is InChI=1S/C11H22N2O2S/c1-11(5-7-16(14,15)9-11)13-6-3-4-10(8-13)12-2/h10,12H,3-9H2,1-2H3. The van der Waals surface area contributed by atoms with Crippen LogP contribution in [0.15, 0.2) is 0 Å². The summed E-state index contributed by atoms with van der Waals surface area (Å²) < 4.78 is 23.2. The minimum Gasteiger partial charge on any atom is -0.316 e. The fourth-order valence-electron chi connectivity index (χ4n) is 2.95. The quantitative estimate of drug-likeness (QED) is 0.759. The third-order valence-corrected chi connectivity index (χ3v) is 5.96. The lowest BCUT2D eigenvalue weighted by atomic mass is 9.94. The van der Waals surface area contributed by atoms with Crippen LogP contribution in [0.4, 0.5) is 0 Å². The zero-order chi connectivity index (χ0) is 11.8. The SMILES string of the molecule is CNC1CCCN(C2(C)CCS(=O)(=O)C2)C1. The Kier molecular flexibility index (Phi) is 3.29. The Morgan fingerprint density at radius 3 is 2.75 bits per heavy atom. The molecule has 0 amide bonds. The van der Waals surface area contributed by atoms with E-state index in [0.29, 0.717) is 17.5 Å². The fourth-order valence-corrected chi connectivity index (χ4v) is 5.12. The molecule has 2 aliphatic heterocycles. The van der Waals surface area contributed by atoms with Crippen LogP contribution in [0.25, 0.3) is 0 Å². The van der Waals surface area contributed by atoms with E-state index in [2.05, 4.69) is 17.1 Å². The minimum atomic E-state index is -2.79. The molecule has 0 aromatic heterocycles. The molecule has 2 saturated heterocycles. The Morgan fingerprint density at radius 2 is 2.19 bits per heavy atom. The van der Waals surface area contributed by atoms with Crippen LogP contribution in [-0.2, 0) is 9.84 Å². The lowest BCUT2D eigenvalue weighted by molar-refractivity contribution is 0.0844. The van der Waals surface area contributed by atoms with Gasteiger partial charge in [-0.1, -0.05) is 0 Å². The largest absolute Gasteiger partial charge is 0.316 e. The number of likely N-dealkylation sites (N-methyl/N-ethyl adjacent to an activating group) is 1. The van der Waals surface area contributed by atoms with Gasteiger partial charge in [0.25, 0.3) is 0 Å².